The van der Waals surface area contributed by atoms with Crippen molar-refractivity contribution >= 4 is 17.5 Å². The second-order valence-corrected chi connectivity index (χ2v) is 4.82. The Balaban J connectivity index is 2.75. The van der Waals surface area contributed by atoms with E-state index in [1.54, 1.807) is 0 Å². The van der Waals surface area contributed by atoms with Crippen LogP contribution in [0.1, 0.15) is 32.3 Å². The van der Waals surface area contributed by atoms with E-state index in [4.69, 9.17) is 0 Å². The zero-order valence-corrected chi connectivity index (χ0v) is 12.5. The number of amides is 2. The second-order valence-electron chi connectivity index (χ2n) is 4.82. The fourth-order valence-corrected chi connectivity index (χ4v) is 1.86. The van der Waals surface area contributed by atoms with Gasteiger partial charge in [0.05, 0.1) is 5.56 Å². The van der Waals surface area contributed by atoms with Gasteiger partial charge < -0.3 is 10.2 Å². The highest BCUT2D eigenvalue weighted by Gasteiger charge is 2.30. The Labute approximate surface area is 127 Å². The van der Waals surface area contributed by atoms with Gasteiger partial charge in [-0.05, 0) is 30.7 Å². The maximum absolute atomic E-state index is 12.5. The third-order valence-corrected chi connectivity index (χ3v) is 3.02. The van der Waals surface area contributed by atoms with Crippen LogP contribution in [0.25, 0.3) is 0 Å². The molecule has 0 aliphatic carbocycles. The molecule has 0 spiro atoms. The van der Waals surface area contributed by atoms with Crippen LogP contribution >= 0.6 is 0 Å². The van der Waals surface area contributed by atoms with E-state index in [2.05, 4.69) is 5.32 Å². The average molecular weight is 316 g/mol. The third-order valence-electron chi connectivity index (χ3n) is 3.02. The molecule has 0 aliphatic rings. The van der Waals surface area contributed by atoms with Crippen LogP contribution in [0.15, 0.2) is 24.3 Å². The predicted octanol–water partition coefficient (Wildman–Crippen LogP) is 2.97. The number of benzene rings is 1. The number of nitrogens with one attached hydrogen (secondary N) is 1. The maximum Gasteiger partial charge on any atom is 0.416 e. The molecule has 0 saturated carbocycles. The normalized spacial score (nSPS) is 11.1. The van der Waals surface area contributed by atoms with Crippen LogP contribution in [-0.4, -0.2) is 24.9 Å². The molecule has 22 heavy (non-hydrogen) atoms. The van der Waals surface area contributed by atoms with Gasteiger partial charge in [-0.3, -0.25) is 9.59 Å². The lowest BCUT2D eigenvalue weighted by Crippen LogP contribution is -2.34. The molecular weight excluding hydrogens is 297 g/mol. The molecule has 0 aliphatic heterocycles. The van der Waals surface area contributed by atoms with Crippen molar-refractivity contribution in [1.29, 1.82) is 0 Å². The number of rotatable bonds is 6. The van der Waals surface area contributed by atoms with Crippen LogP contribution in [0.2, 0.25) is 0 Å². The molecule has 1 N–H and O–H groups in total. The molecule has 7 heteroatoms. The van der Waals surface area contributed by atoms with Crippen LogP contribution in [0.4, 0.5) is 18.9 Å². The van der Waals surface area contributed by atoms with Crippen molar-refractivity contribution in [3.8, 4) is 0 Å². The van der Waals surface area contributed by atoms with Gasteiger partial charge in [0, 0.05) is 32.1 Å². The highest BCUT2D eigenvalue weighted by molar-refractivity contribution is 5.92. The summed E-state index contributed by atoms with van der Waals surface area (Å²) in [5.74, 6) is -0.525. The average Bonchev–Trinajstić information content (AvgIpc) is 2.44. The zero-order chi connectivity index (χ0) is 16.8. The van der Waals surface area contributed by atoms with Crippen LogP contribution in [-0.2, 0) is 15.8 Å². The van der Waals surface area contributed by atoms with Gasteiger partial charge in [-0.2, -0.15) is 13.2 Å². The number of anilines is 1. The van der Waals surface area contributed by atoms with Crippen molar-refractivity contribution in [2.24, 2.45) is 0 Å². The second kappa shape index (κ2) is 7.82. The summed E-state index contributed by atoms with van der Waals surface area (Å²) in [6, 6.07) is 4.30. The number of halogens is 3. The SMILES string of the molecule is CCCNC(=O)CCN(C(C)=O)c1ccc(C(F)(F)F)cc1. The van der Waals surface area contributed by atoms with Crippen molar-refractivity contribution in [3.63, 3.8) is 0 Å². The number of alkyl halides is 3. The third kappa shape index (κ3) is 5.38. The van der Waals surface area contributed by atoms with E-state index >= 15 is 0 Å². The van der Waals surface area contributed by atoms with E-state index in [-0.39, 0.29) is 24.8 Å². The molecule has 0 unspecified atom stereocenters. The molecule has 1 aromatic rings. The van der Waals surface area contributed by atoms with Gasteiger partial charge in [0.15, 0.2) is 0 Å². The lowest BCUT2D eigenvalue weighted by Gasteiger charge is -2.21. The van der Waals surface area contributed by atoms with Crippen molar-refractivity contribution in [2.45, 2.75) is 32.9 Å². The maximum atomic E-state index is 12.5. The van der Waals surface area contributed by atoms with Gasteiger partial charge in [-0.25, -0.2) is 0 Å². The fourth-order valence-electron chi connectivity index (χ4n) is 1.86. The topological polar surface area (TPSA) is 49.4 Å². The molecule has 1 rings (SSSR count). The summed E-state index contributed by atoms with van der Waals surface area (Å²) in [6.07, 6.45) is -3.51. The molecule has 0 bridgehead atoms. The Morgan fingerprint density at radius 3 is 2.23 bits per heavy atom. The summed E-state index contributed by atoms with van der Waals surface area (Å²) in [5, 5.41) is 2.68. The van der Waals surface area contributed by atoms with Gasteiger partial charge in [0.2, 0.25) is 11.8 Å². The van der Waals surface area contributed by atoms with Crippen molar-refractivity contribution in [1.82, 2.24) is 5.32 Å². The molecule has 0 heterocycles. The van der Waals surface area contributed by atoms with Gasteiger partial charge in [-0.1, -0.05) is 6.92 Å². The predicted molar refractivity (Wildman–Crippen MR) is 77.4 cm³/mol. The van der Waals surface area contributed by atoms with Crippen molar-refractivity contribution in [2.75, 3.05) is 18.0 Å². The summed E-state index contributed by atoms with van der Waals surface area (Å²) in [4.78, 5) is 24.5. The highest BCUT2D eigenvalue weighted by atomic mass is 19.4. The number of nitrogens with zero attached hydrogens (tertiary/aromatic N) is 1. The van der Waals surface area contributed by atoms with Gasteiger partial charge in [0.25, 0.3) is 0 Å². The Kier molecular flexibility index (Phi) is 6.39. The van der Waals surface area contributed by atoms with Crippen molar-refractivity contribution in [3.05, 3.63) is 29.8 Å². The summed E-state index contributed by atoms with van der Waals surface area (Å²) in [5.41, 5.74) is -0.441. The van der Waals surface area contributed by atoms with Gasteiger partial charge >= 0.3 is 6.18 Å². The Hall–Kier alpha value is -2.05. The molecule has 0 saturated heterocycles. The van der Waals surface area contributed by atoms with E-state index in [0.717, 1.165) is 18.6 Å². The van der Waals surface area contributed by atoms with E-state index < -0.39 is 11.7 Å². The first-order chi connectivity index (χ1) is 10.3. The first kappa shape index (κ1) is 18.0. The Bertz CT molecular complexity index is 513. The molecule has 0 aromatic heterocycles. The summed E-state index contributed by atoms with van der Waals surface area (Å²) < 4.78 is 37.6. The molecule has 2 amide bonds. The molecule has 122 valence electrons. The lowest BCUT2D eigenvalue weighted by atomic mass is 10.2. The molecule has 0 fully saturated rings. The summed E-state index contributed by atoms with van der Waals surface area (Å²) in [7, 11) is 0. The van der Waals surface area contributed by atoms with E-state index in [1.165, 1.54) is 24.0 Å². The number of carbonyl (C=O) groups excluding carboxylic acids is 2. The van der Waals surface area contributed by atoms with Crippen LogP contribution in [0, 0.1) is 0 Å². The minimum Gasteiger partial charge on any atom is -0.356 e. The van der Waals surface area contributed by atoms with Gasteiger partial charge in [0.1, 0.15) is 0 Å². The Morgan fingerprint density at radius 1 is 1.18 bits per heavy atom. The molecule has 0 radical (unpaired) electrons. The Morgan fingerprint density at radius 2 is 1.77 bits per heavy atom. The monoisotopic (exact) mass is 316 g/mol. The molecule has 0 atom stereocenters. The van der Waals surface area contributed by atoms with Gasteiger partial charge in [-0.15, -0.1) is 0 Å². The fraction of sp³-hybridized carbons (Fsp3) is 0.467. The number of hydrogen-bond donors (Lipinski definition) is 1. The number of carbonyl (C=O) groups is 2. The standard InChI is InChI=1S/C15H19F3N2O2/c1-3-9-19-14(22)8-10-20(11(2)21)13-6-4-12(5-7-13)15(16,17)18/h4-7H,3,8-10H2,1-2H3,(H,19,22). The first-order valence-electron chi connectivity index (χ1n) is 6.97. The smallest absolute Gasteiger partial charge is 0.356 e. The molecule has 4 nitrogen and oxygen atoms in total. The lowest BCUT2D eigenvalue weighted by molar-refractivity contribution is -0.137. The molecular formula is C15H19F3N2O2. The zero-order valence-electron chi connectivity index (χ0n) is 12.5. The highest BCUT2D eigenvalue weighted by Crippen LogP contribution is 2.30. The molecule has 1 aromatic carbocycles. The van der Waals surface area contributed by atoms with Crippen LogP contribution in [0.3, 0.4) is 0 Å². The van der Waals surface area contributed by atoms with E-state index in [1.807, 2.05) is 6.92 Å². The minimum atomic E-state index is -4.42. The number of hydrogen-bond acceptors (Lipinski definition) is 2. The van der Waals surface area contributed by atoms with Crippen molar-refractivity contribution < 1.29 is 22.8 Å². The largest absolute Gasteiger partial charge is 0.416 e. The summed E-state index contributed by atoms with van der Waals surface area (Å²) in [6.45, 7) is 3.90. The van der Waals surface area contributed by atoms with E-state index in [9.17, 15) is 22.8 Å². The van der Waals surface area contributed by atoms with E-state index in [0.29, 0.717) is 12.2 Å². The van der Waals surface area contributed by atoms with Crippen LogP contribution in [0.5, 0.6) is 0 Å². The minimum absolute atomic E-state index is 0.0978. The quantitative estimate of drug-likeness (QED) is 0.877. The van der Waals surface area contributed by atoms with Crippen LogP contribution < -0.4 is 10.2 Å². The first-order valence-corrected chi connectivity index (χ1v) is 6.97. The summed E-state index contributed by atoms with van der Waals surface area (Å²) >= 11 is 0.